The molecule has 5 rings (SSSR count). The van der Waals surface area contributed by atoms with E-state index in [1.165, 1.54) is 18.1 Å². The van der Waals surface area contributed by atoms with E-state index in [1.54, 1.807) is 10.9 Å². The maximum Gasteiger partial charge on any atom is 0.237 e. The van der Waals surface area contributed by atoms with E-state index in [0.29, 0.717) is 23.2 Å². The van der Waals surface area contributed by atoms with Crippen molar-refractivity contribution in [2.45, 2.75) is 10.8 Å². The van der Waals surface area contributed by atoms with Crippen molar-refractivity contribution < 1.29 is 14.0 Å². The molecule has 0 atom stereocenters. The molecular weight excluding hydrogens is 356 g/mol. The van der Waals surface area contributed by atoms with Crippen LogP contribution in [-0.2, 0) is 12.8 Å². The second-order valence-corrected chi connectivity index (χ2v) is 6.52. The zero-order valence-electron chi connectivity index (χ0n) is 13.6. The molecule has 10 heteroatoms. The summed E-state index contributed by atoms with van der Waals surface area (Å²) in [6, 6.07) is 5.55. The second kappa shape index (κ2) is 5.99. The van der Waals surface area contributed by atoms with E-state index in [9.17, 15) is 0 Å². The molecule has 0 amide bonds. The van der Waals surface area contributed by atoms with Crippen molar-refractivity contribution in [1.29, 1.82) is 0 Å². The van der Waals surface area contributed by atoms with Gasteiger partial charge in [0.2, 0.25) is 18.5 Å². The van der Waals surface area contributed by atoms with Gasteiger partial charge in [-0.15, -0.1) is 0 Å². The molecule has 4 aromatic rings. The van der Waals surface area contributed by atoms with Gasteiger partial charge in [0.15, 0.2) is 17.1 Å². The maximum atomic E-state index is 5.38. The largest absolute Gasteiger partial charge is 0.454 e. The van der Waals surface area contributed by atoms with E-state index in [0.717, 1.165) is 27.4 Å². The predicted octanol–water partition coefficient (Wildman–Crippen LogP) is 2.43. The van der Waals surface area contributed by atoms with Crippen LogP contribution in [0.4, 0.5) is 0 Å². The lowest BCUT2D eigenvalue weighted by molar-refractivity contribution is 0.174. The van der Waals surface area contributed by atoms with Crippen LogP contribution in [0.25, 0.3) is 22.4 Å². The van der Waals surface area contributed by atoms with Crippen LogP contribution in [0, 0.1) is 0 Å². The summed E-state index contributed by atoms with van der Waals surface area (Å²) in [5.74, 6) is 2.92. The number of hydrogen-bond acceptors (Lipinski definition) is 9. The number of rotatable bonds is 4. The van der Waals surface area contributed by atoms with Gasteiger partial charge in [0.25, 0.3) is 0 Å². The Morgan fingerprint density at radius 3 is 3.08 bits per heavy atom. The van der Waals surface area contributed by atoms with Gasteiger partial charge in [0.05, 0.1) is 17.3 Å². The number of thioether (sulfide) groups is 1. The molecule has 1 aliphatic heterocycles. The average molecular weight is 368 g/mol. The molecule has 4 heterocycles. The van der Waals surface area contributed by atoms with Gasteiger partial charge in [-0.25, -0.2) is 9.97 Å². The molecule has 1 aromatic carbocycles. The fourth-order valence-corrected chi connectivity index (χ4v) is 3.45. The van der Waals surface area contributed by atoms with Crippen molar-refractivity contribution in [3.05, 3.63) is 36.6 Å². The third kappa shape index (κ3) is 2.54. The summed E-state index contributed by atoms with van der Waals surface area (Å²) in [7, 11) is 1.85. The summed E-state index contributed by atoms with van der Waals surface area (Å²) in [4.78, 5) is 13.0. The van der Waals surface area contributed by atoms with E-state index in [1.807, 2.05) is 25.2 Å². The monoisotopic (exact) mass is 368 g/mol. The van der Waals surface area contributed by atoms with Crippen molar-refractivity contribution in [1.82, 2.24) is 29.9 Å². The molecule has 130 valence electrons. The third-order valence-electron chi connectivity index (χ3n) is 3.92. The van der Waals surface area contributed by atoms with Crippen LogP contribution in [-0.4, -0.2) is 36.7 Å². The standard InChI is InChI=1S/C16H12N6O3S/c1-22-15-10(5-19-22)16(18-7-17-15)26-6-13-20-14(21-25-13)9-2-3-11-12(4-9)24-8-23-11/h2-5,7H,6,8H2,1H3. The lowest BCUT2D eigenvalue weighted by atomic mass is 10.2. The van der Waals surface area contributed by atoms with Crippen LogP contribution in [0.5, 0.6) is 11.5 Å². The normalized spacial score (nSPS) is 12.8. The summed E-state index contributed by atoms with van der Waals surface area (Å²) < 4.78 is 17.8. The molecular formula is C16H12N6O3S. The van der Waals surface area contributed by atoms with Gasteiger partial charge in [-0.05, 0) is 18.2 Å². The lowest BCUT2D eigenvalue weighted by Crippen LogP contribution is -1.93. The Bertz CT molecular complexity index is 1110. The van der Waals surface area contributed by atoms with E-state index < -0.39 is 0 Å². The van der Waals surface area contributed by atoms with E-state index in [-0.39, 0.29) is 6.79 Å². The topological polar surface area (TPSA) is 101 Å². The van der Waals surface area contributed by atoms with Gasteiger partial charge in [-0.1, -0.05) is 16.9 Å². The first kappa shape index (κ1) is 15.1. The molecule has 0 radical (unpaired) electrons. The van der Waals surface area contributed by atoms with Crippen molar-refractivity contribution >= 4 is 22.8 Å². The highest BCUT2D eigenvalue weighted by atomic mass is 32.2. The zero-order valence-corrected chi connectivity index (χ0v) is 14.4. The number of aromatic nitrogens is 6. The minimum Gasteiger partial charge on any atom is -0.454 e. The van der Waals surface area contributed by atoms with Gasteiger partial charge in [-0.2, -0.15) is 10.1 Å². The summed E-state index contributed by atoms with van der Waals surface area (Å²) in [6.07, 6.45) is 3.28. The number of aryl methyl sites for hydroxylation is 1. The highest BCUT2D eigenvalue weighted by Crippen LogP contribution is 2.35. The first-order valence-electron chi connectivity index (χ1n) is 7.76. The van der Waals surface area contributed by atoms with Crippen LogP contribution in [0.2, 0.25) is 0 Å². The molecule has 0 unspecified atom stereocenters. The Hall–Kier alpha value is -3.14. The maximum absolute atomic E-state index is 5.38. The van der Waals surface area contributed by atoms with Crippen LogP contribution in [0.15, 0.2) is 40.3 Å². The third-order valence-corrected chi connectivity index (χ3v) is 4.91. The van der Waals surface area contributed by atoms with Gasteiger partial charge in [0.1, 0.15) is 11.4 Å². The van der Waals surface area contributed by atoms with Crippen molar-refractivity contribution in [2.75, 3.05) is 6.79 Å². The number of nitrogens with zero attached hydrogens (tertiary/aromatic N) is 6. The molecule has 0 spiro atoms. The second-order valence-electron chi connectivity index (χ2n) is 5.55. The molecule has 26 heavy (non-hydrogen) atoms. The Balaban J connectivity index is 1.36. The van der Waals surface area contributed by atoms with E-state index >= 15 is 0 Å². The fourth-order valence-electron chi connectivity index (χ4n) is 2.65. The number of fused-ring (bicyclic) bond motifs is 2. The van der Waals surface area contributed by atoms with Gasteiger partial charge < -0.3 is 14.0 Å². The van der Waals surface area contributed by atoms with Crippen molar-refractivity contribution in [3.63, 3.8) is 0 Å². The Kier molecular flexibility index (Phi) is 3.49. The molecule has 1 aliphatic rings. The number of benzene rings is 1. The molecule has 0 saturated heterocycles. The van der Waals surface area contributed by atoms with Crippen LogP contribution in [0.3, 0.4) is 0 Å². The van der Waals surface area contributed by atoms with Gasteiger partial charge in [0, 0.05) is 12.6 Å². The SMILES string of the molecule is Cn1ncc2c(SCc3nc(-c4ccc5c(c4)OCO5)no3)ncnc21. The first-order valence-corrected chi connectivity index (χ1v) is 8.74. The first-order chi connectivity index (χ1) is 12.8. The van der Waals surface area contributed by atoms with E-state index in [4.69, 9.17) is 14.0 Å². The quantitative estimate of drug-likeness (QED) is 0.397. The van der Waals surface area contributed by atoms with Crippen molar-refractivity contribution in [2.24, 2.45) is 7.05 Å². The fraction of sp³-hybridized carbons (Fsp3) is 0.188. The molecule has 9 nitrogen and oxygen atoms in total. The zero-order chi connectivity index (χ0) is 17.5. The summed E-state index contributed by atoms with van der Waals surface area (Å²) >= 11 is 1.50. The molecule has 0 N–H and O–H groups in total. The van der Waals surface area contributed by atoms with Crippen LogP contribution < -0.4 is 9.47 Å². The lowest BCUT2D eigenvalue weighted by Gasteiger charge is -1.99. The highest BCUT2D eigenvalue weighted by molar-refractivity contribution is 7.98. The molecule has 0 saturated carbocycles. The Morgan fingerprint density at radius 1 is 1.19 bits per heavy atom. The van der Waals surface area contributed by atoms with Crippen LogP contribution in [0.1, 0.15) is 5.89 Å². The molecule has 0 bridgehead atoms. The molecule has 0 aliphatic carbocycles. The summed E-state index contributed by atoms with van der Waals surface area (Å²) in [5.41, 5.74) is 1.60. The minimum atomic E-state index is 0.231. The summed E-state index contributed by atoms with van der Waals surface area (Å²) in [6.45, 7) is 0.231. The van der Waals surface area contributed by atoms with Gasteiger partial charge >= 0.3 is 0 Å². The van der Waals surface area contributed by atoms with Crippen LogP contribution >= 0.6 is 11.8 Å². The van der Waals surface area contributed by atoms with Crippen molar-refractivity contribution in [3.8, 4) is 22.9 Å². The minimum absolute atomic E-state index is 0.231. The highest BCUT2D eigenvalue weighted by Gasteiger charge is 2.17. The van der Waals surface area contributed by atoms with Gasteiger partial charge in [-0.3, -0.25) is 4.68 Å². The summed E-state index contributed by atoms with van der Waals surface area (Å²) in [5, 5.41) is 9.98. The Morgan fingerprint density at radius 2 is 2.12 bits per heavy atom. The van der Waals surface area contributed by atoms with E-state index in [2.05, 4.69) is 25.2 Å². The Labute approximate surface area is 151 Å². The smallest absolute Gasteiger partial charge is 0.237 e. The predicted molar refractivity (Wildman–Crippen MR) is 91.7 cm³/mol. The average Bonchev–Trinajstić information content (AvgIpc) is 3.39. The number of ether oxygens (including phenoxy) is 2. The molecule has 3 aromatic heterocycles. The number of hydrogen-bond donors (Lipinski definition) is 0. The molecule has 0 fully saturated rings.